The maximum atomic E-state index is 14.1. The van der Waals surface area contributed by atoms with Crippen LogP contribution < -0.4 is 0 Å². The van der Waals surface area contributed by atoms with E-state index in [1.54, 1.807) is 0 Å². The number of ketones is 2. The molecule has 2 fully saturated rings. The summed E-state index contributed by atoms with van der Waals surface area (Å²) in [5.41, 5.74) is -1.03. The number of carbonyl (C=O) groups is 3. The Bertz CT molecular complexity index is 1030. The number of aliphatic hydroxyl groups is 3. The number of carbonyl (C=O) groups excluding carboxylic acids is 2. The molecule has 0 aliphatic heterocycles. The number of aliphatic carboxylic acids is 1. The number of hydrogen-bond donors (Lipinski definition) is 4. The number of hydrogen-bond acceptors (Lipinski definition) is 6. The Morgan fingerprint density at radius 2 is 1.59 bits per heavy atom. The Morgan fingerprint density at radius 1 is 0.973 bits per heavy atom. The zero-order valence-electron chi connectivity index (χ0n) is 23.5. The molecule has 0 bridgehead atoms. The zero-order chi connectivity index (χ0) is 27.9. The molecule has 4 aliphatic rings. The van der Waals surface area contributed by atoms with E-state index >= 15 is 0 Å². The van der Waals surface area contributed by atoms with Crippen LogP contribution in [0.1, 0.15) is 93.4 Å². The van der Waals surface area contributed by atoms with Crippen LogP contribution in [0.5, 0.6) is 0 Å². The predicted molar refractivity (Wildman–Crippen MR) is 138 cm³/mol. The topological polar surface area (TPSA) is 132 Å². The minimum Gasteiger partial charge on any atom is -0.481 e. The van der Waals surface area contributed by atoms with Gasteiger partial charge in [-0.05, 0) is 65.3 Å². The van der Waals surface area contributed by atoms with Crippen LogP contribution in [0.25, 0.3) is 0 Å². The van der Waals surface area contributed by atoms with Gasteiger partial charge in [-0.1, -0.05) is 48.5 Å². The molecule has 7 nitrogen and oxygen atoms in total. The SMILES string of the molecule is CC(CC(=O)C[C@@H](C)[C@H]1C[C@H](O)[C@@]2(C)C3=C(C(=O)C[C@]12C)[C@@]1(C)CC[C@H](O)C(C)(C)C1C[C@@H]3O)C(=O)O. The highest BCUT2D eigenvalue weighted by Crippen LogP contribution is 2.71. The van der Waals surface area contributed by atoms with E-state index < -0.39 is 51.9 Å². The monoisotopic (exact) mass is 518 g/mol. The fourth-order valence-corrected chi connectivity index (χ4v) is 9.39. The van der Waals surface area contributed by atoms with Crippen LogP contribution in [0, 0.1) is 45.3 Å². The van der Waals surface area contributed by atoms with Crippen molar-refractivity contribution in [1.29, 1.82) is 0 Å². The number of rotatable bonds is 6. The number of Topliss-reactive ketones (excluding diaryl/α,β-unsaturated/α-hetero) is 2. The first-order valence-corrected chi connectivity index (χ1v) is 14.0. The number of aliphatic hydroxyl groups excluding tert-OH is 3. The largest absolute Gasteiger partial charge is 0.481 e. The van der Waals surface area contributed by atoms with Crippen LogP contribution in [0.15, 0.2) is 11.1 Å². The normalized spacial score (nSPS) is 44.5. The van der Waals surface area contributed by atoms with Crippen LogP contribution in [0.4, 0.5) is 0 Å². The van der Waals surface area contributed by atoms with Crippen molar-refractivity contribution in [3.8, 4) is 0 Å². The predicted octanol–water partition coefficient (Wildman–Crippen LogP) is 3.92. The van der Waals surface area contributed by atoms with E-state index in [0.717, 1.165) is 0 Å². The van der Waals surface area contributed by atoms with Gasteiger partial charge in [0, 0.05) is 30.3 Å². The van der Waals surface area contributed by atoms with Crippen molar-refractivity contribution in [3.05, 3.63) is 11.1 Å². The van der Waals surface area contributed by atoms with E-state index in [-0.39, 0.29) is 48.6 Å². The second kappa shape index (κ2) is 8.99. The van der Waals surface area contributed by atoms with E-state index in [9.17, 15) is 34.8 Å². The molecule has 10 atom stereocenters. The molecule has 4 N–H and O–H groups in total. The third-order valence-corrected chi connectivity index (χ3v) is 11.8. The number of allylic oxidation sites excluding steroid dienone is 1. The molecule has 0 heterocycles. The summed E-state index contributed by atoms with van der Waals surface area (Å²) < 4.78 is 0. The molecule has 208 valence electrons. The van der Waals surface area contributed by atoms with Gasteiger partial charge in [0.05, 0.1) is 24.2 Å². The van der Waals surface area contributed by atoms with Gasteiger partial charge in [0.1, 0.15) is 5.78 Å². The molecular weight excluding hydrogens is 472 g/mol. The second-order valence-corrected chi connectivity index (χ2v) is 14.1. The maximum absolute atomic E-state index is 14.1. The standard InChI is InChI=1S/C30H46O7/c1-15(10-17(31)11-16(2)26(36)37)18-12-23(35)30(7)25-19(32)13-21-27(3,4)22(34)8-9-28(21,5)24(25)20(33)14-29(18,30)6/h15-16,18-19,21-23,32,34-35H,8-14H2,1-7H3,(H,36,37)/t15-,16?,18-,19+,21?,22+,23+,28+,29-,30+/m1/s1. The maximum Gasteiger partial charge on any atom is 0.306 e. The van der Waals surface area contributed by atoms with Crippen LogP contribution in [0.3, 0.4) is 0 Å². The van der Waals surface area contributed by atoms with Crippen molar-refractivity contribution < 1.29 is 34.8 Å². The van der Waals surface area contributed by atoms with Gasteiger partial charge in [-0.25, -0.2) is 0 Å². The minimum absolute atomic E-state index is 0.0190. The Kier molecular flexibility index (Phi) is 6.91. The van der Waals surface area contributed by atoms with E-state index in [4.69, 9.17) is 0 Å². The van der Waals surface area contributed by atoms with Crippen molar-refractivity contribution in [2.45, 2.75) is 112 Å². The van der Waals surface area contributed by atoms with Gasteiger partial charge in [0.15, 0.2) is 5.78 Å². The molecule has 0 amide bonds. The highest BCUT2D eigenvalue weighted by Gasteiger charge is 2.70. The summed E-state index contributed by atoms with van der Waals surface area (Å²) in [5.74, 6) is -2.17. The summed E-state index contributed by atoms with van der Waals surface area (Å²) in [5, 5.41) is 43.3. The van der Waals surface area contributed by atoms with Gasteiger partial charge in [0.25, 0.3) is 0 Å². The van der Waals surface area contributed by atoms with Gasteiger partial charge < -0.3 is 20.4 Å². The molecule has 37 heavy (non-hydrogen) atoms. The molecule has 2 unspecified atom stereocenters. The summed E-state index contributed by atoms with van der Waals surface area (Å²) in [7, 11) is 0. The smallest absolute Gasteiger partial charge is 0.306 e. The van der Waals surface area contributed by atoms with Gasteiger partial charge >= 0.3 is 5.97 Å². The molecule has 7 heteroatoms. The Labute approximate surface area is 220 Å². The highest BCUT2D eigenvalue weighted by atomic mass is 16.4. The van der Waals surface area contributed by atoms with Gasteiger partial charge in [-0.2, -0.15) is 0 Å². The Morgan fingerprint density at radius 3 is 2.19 bits per heavy atom. The van der Waals surface area contributed by atoms with Gasteiger partial charge in [-0.3, -0.25) is 14.4 Å². The first kappa shape index (κ1) is 28.4. The Hall–Kier alpha value is -1.57. The van der Waals surface area contributed by atoms with Crippen molar-refractivity contribution in [2.24, 2.45) is 45.3 Å². The molecule has 4 aliphatic carbocycles. The summed E-state index contributed by atoms with van der Waals surface area (Å²) in [6, 6.07) is 0. The van der Waals surface area contributed by atoms with Crippen LogP contribution in [-0.4, -0.2) is 56.3 Å². The number of fused-ring (bicyclic) bond motifs is 4. The van der Waals surface area contributed by atoms with Crippen LogP contribution in [-0.2, 0) is 14.4 Å². The van der Waals surface area contributed by atoms with E-state index in [1.165, 1.54) is 6.92 Å². The van der Waals surface area contributed by atoms with Gasteiger partial charge in [0.2, 0.25) is 0 Å². The molecule has 0 aromatic rings. The lowest BCUT2D eigenvalue weighted by Gasteiger charge is -2.62. The second-order valence-electron chi connectivity index (χ2n) is 14.1. The molecule has 0 aromatic heterocycles. The lowest BCUT2D eigenvalue weighted by atomic mass is 9.42. The quantitative estimate of drug-likeness (QED) is 0.419. The fraction of sp³-hybridized carbons (Fsp3) is 0.833. The summed E-state index contributed by atoms with van der Waals surface area (Å²) >= 11 is 0. The fourth-order valence-electron chi connectivity index (χ4n) is 9.39. The lowest BCUT2D eigenvalue weighted by molar-refractivity contribution is -0.143. The average Bonchev–Trinajstić information content (AvgIpc) is 2.99. The van der Waals surface area contributed by atoms with Crippen molar-refractivity contribution in [1.82, 2.24) is 0 Å². The van der Waals surface area contributed by atoms with Crippen molar-refractivity contribution in [2.75, 3.05) is 0 Å². The molecule has 0 saturated heterocycles. The molecule has 0 aromatic carbocycles. The first-order chi connectivity index (χ1) is 16.9. The van der Waals surface area contributed by atoms with Gasteiger partial charge in [-0.15, -0.1) is 0 Å². The Balaban J connectivity index is 1.74. The molecule has 0 radical (unpaired) electrons. The summed E-state index contributed by atoms with van der Waals surface area (Å²) in [4.78, 5) is 38.0. The van der Waals surface area contributed by atoms with Crippen LogP contribution >= 0.6 is 0 Å². The average molecular weight is 519 g/mol. The van der Waals surface area contributed by atoms with E-state index in [0.29, 0.717) is 36.8 Å². The number of carboxylic acid groups (broad SMARTS) is 1. The van der Waals surface area contributed by atoms with Crippen molar-refractivity contribution >= 4 is 17.5 Å². The summed E-state index contributed by atoms with van der Waals surface area (Å²) in [6.45, 7) is 13.7. The lowest BCUT2D eigenvalue weighted by Crippen LogP contribution is -2.61. The first-order valence-electron chi connectivity index (χ1n) is 14.0. The van der Waals surface area contributed by atoms with E-state index in [2.05, 4.69) is 6.92 Å². The van der Waals surface area contributed by atoms with Crippen LogP contribution in [0.2, 0.25) is 0 Å². The number of carboxylic acids is 1. The third-order valence-electron chi connectivity index (χ3n) is 11.8. The van der Waals surface area contributed by atoms with Crippen molar-refractivity contribution in [3.63, 3.8) is 0 Å². The molecule has 2 saturated carbocycles. The molecular formula is C30H46O7. The highest BCUT2D eigenvalue weighted by molar-refractivity contribution is 6.00. The minimum atomic E-state index is -0.995. The zero-order valence-corrected chi connectivity index (χ0v) is 23.5. The summed E-state index contributed by atoms with van der Waals surface area (Å²) in [6.07, 6.45) is 0.391. The third kappa shape index (κ3) is 3.89. The molecule has 4 rings (SSSR count). The molecule has 0 spiro atoms. The van der Waals surface area contributed by atoms with E-state index in [1.807, 2.05) is 34.6 Å².